The third-order valence-electron chi connectivity index (χ3n) is 2.60. The molecule has 16 heavy (non-hydrogen) atoms. The summed E-state index contributed by atoms with van der Waals surface area (Å²) >= 11 is 3.11. The molecular weight excluding hydrogens is 277 g/mol. The van der Waals surface area contributed by atoms with Crippen LogP contribution < -0.4 is 0 Å². The Morgan fingerprint density at radius 3 is 2.56 bits per heavy atom. The molecule has 0 saturated heterocycles. The summed E-state index contributed by atoms with van der Waals surface area (Å²) in [6, 6.07) is 4.56. The fraction of sp³-hybridized carbons (Fsp3) is 0.273. The number of hydrogen-bond acceptors (Lipinski definition) is 2. The summed E-state index contributed by atoms with van der Waals surface area (Å²) in [7, 11) is 0. The number of nitrogens with zero attached hydrogens (tertiary/aromatic N) is 1. The Labute approximate surface area is 100 Å². The van der Waals surface area contributed by atoms with Crippen molar-refractivity contribution in [3.05, 3.63) is 34.7 Å². The van der Waals surface area contributed by atoms with Crippen LogP contribution >= 0.6 is 15.9 Å². The molecule has 0 amide bonds. The predicted molar refractivity (Wildman–Crippen MR) is 62.8 cm³/mol. The van der Waals surface area contributed by atoms with Gasteiger partial charge in [-0.2, -0.15) is 0 Å². The molecule has 0 atom stereocenters. The van der Waals surface area contributed by atoms with Crippen LogP contribution in [0.5, 0.6) is 0 Å². The van der Waals surface area contributed by atoms with Crippen molar-refractivity contribution in [2.75, 3.05) is 13.2 Å². The summed E-state index contributed by atoms with van der Waals surface area (Å²) in [5.74, 6) is -0.328. The Morgan fingerprint density at radius 2 is 1.94 bits per heavy atom. The van der Waals surface area contributed by atoms with Crippen LogP contribution in [0.1, 0.15) is 6.04 Å². The number of aliphatic hydroxyl groups is 2. The van der Waals surface area contributed by atoms with Crippen molar-refractivity contribution in [1.82, 2.24) is 4.57 Å². The molecule has 3 nitrogen and oxygen atoms in total. The third-order valence-corrected chi connectivity index (χ3v) is 3.22. The molecule has 0 fully saturated rings. The van der Waals surface area contributed by atoms with Gasteiger partial charge in [-0.05, 0) is 34.1 Å². The summed E-state index contributed by atoms with van der Waals surface area (Å²) in [5.41, 5.74) is 0.661. The smallest absolute Gasteiger partial charge is 0.146 e. The average Bonchev–Trinajstić information content (AvgIpc) is 2.70. The van der Waals surface area contributed by atoms with E-state index in [-0.39, 0.29) is 19.0 Å². The number of hydrogen-bond donors (Lipinski definition) is 2. The number of benzene rings is 1. The summed E-state index contributed by atoms with van der Waals surface area (Å²) in [6.07, 6.45) is 1.66. The van der Waals surface area contributed by atoms with E-state index in [2.05, 4.69) is 15.9 Å². The van der Waals surface area contributed by atoms with E-state index >= 15 is 0 Å². The van der Waals surface area contributed by atoms with Gasteiger partial charge >= 0.3 is 0 Å². The van der Waals surface area contributed by atoms with Gasteiger partial charge in [0.15, 0.2) is 0 Å². The van der Waals surface area contributed by atoms with Gasteiger partial charge in [-0.1, -0.05) is 0 Å². The van der Waals surface area contributed by atoms with E-state index in [9.17, 15) is 4.39 Å². The number of aromatic nitrogens is 1. The first-order valence-corrected chi connectivity index (χ1v) is 5.64. The van der Waals surface area contributed by atoms with E-state index in [1.165, 1.54) is 0 Å². The molecule has 2 N–H and O–H groups in total. The SMILES string of the molecule is OCC(CO)n1ccc2c(F)c(Br)ccc21. The largest absolute Gasteiger partial charge is 0.394 e. The van der Waals surface area contributed by atoms with Gasteiger partial charge in [0.1, 0.15) is 5.82 Å². The summed E-state index contributed by atoms with van der Waals surface area (Å²) in [4.78, 5) is 0. The lowest BCUT2D eigenvalue weighted by Crippen LogP contribution is -2.16. The molecule has 0 aliphatic carbocycles. The van der Waals surface area contributed by atoms with E-state index in [1.54, 1.807) is 29.0 Å². The number of rotatable bonds is 3. The van der Waals surface area contributed by atoms with Crippen molar-refractivity contribution in [3.8, 4) is 0 Å². The predicted octanol–water partition coefficient (Wildman–Crippen LogP) is 2.07. The van der Waals surface area contributed by atoms with E-state index in [0.717, 1.165) is 0 Å². The first-order valence-electron chi connectivity index (χ1n) is 4.85. The van der Waals surface area contributed by atoms with Crippen molar-refractivity contribution >= 4 is 26.8 Å². The second-order valence-corrected chi connectivity index (χ2v) is 4.39. The third kappa shape index (κ3) is 1.75. The Hall–Kier alpha value is -0.910. The molecule has 2 rings (SSSR count). The number of halogens is 2. The van der Waals surface area contributed by atoms with E-state index < -0.39 is 6.04 Å². The van der Waals surface area contributed by atoms with Crippen molar-refractivity contribution in [1.29, 1.82) is 0 Å². The molecule has 0 unspecified atom stereocenters. The molecule has 0 aliphatic heterocycles. The average molecular weight is 288 g/mol. The molecule has 1 aromatic carbocycles. The van der Waals surface area contributed by atoms with Crippen molar-refractivity contribution < 1.29 is 14.6 Å². The maximum Gasteiger partial charge on any atom is 0.146 e. The van der Waals surface area contributed by atoms with Crippen LogP contribution in [0.2, 0.25) is 0 Å². The van der Waals surface area contributed by atoms with Gasteiger partial charge in [0.2, 0.25) is 0 Å². The minimum absolute atomic E-state index is 0.183. The topological polar surface area (TPSA) is 45.4 Å². The molecule has 0 aliphatic rings. The maximum absolute atomic E-state index is 13.7. The van der Waals surface area contributed by atoms with E-state index in [1.807, 2.05) is 0 Å². The summed E-state index contributed by atoms with van der Waals surface area (Å²) in [5, 5.41) is 18.7. The standard InChI is InChI=1S/C11H11BrFNO2/c12-9-1-2-10-8(11(9)13)3-4-14(10)7(5-15)6-16/h1-4,7,15-16H,5-6H2. The molecule has 5 heteroatoms. The second-order valence-electron chi connectivity index (χ2n) is 3.54. The zero-order valence-electron chi connectivity index (χ0n) is 8.40. The fourth-order valence-corrected chi connectivity index (χ4v) is 2.07. The molecule has 0 bridgehead atoms. The molecular formula is C11H11BrFNO2. The quantitative estimate of drug-likeness (QED) is 0.908. The van der Waals surface area contributed by atoms with E-state index in [0.29, 0.717) is 15.4 Å². The van der Waals surface area contributed by atoms with Crippen LogP contribution in [-0.4, -0.2) is 28.0 Å². The molecule has 0 radical (unpaired) electrons. The Kier molecular flexibility index (Phi) is 3.28. The van der Waals surface area contributed by atoms with Gasteiger partial charge in [0.25, 0.3) is 0 Å². The molecule has 1 aromatic heterocycles. The molecule has 86 valence electrons. The van der Waals surface area contributed by atoms with Gasteiger partial charge in [-0.3, -0.25) is 0 Å². The lowest BCUT2D eigenvalue weighted by Gasteiger charge is -2.14. The maximum atomic E-state index is 13.7. The monoisotopic (exact) mass is 287 g/mol. The van der Waals surface area contributed by atoms with Crippen LogP contribution in [0.15, 0.2) is 28.9 Å². The van der Waals surface area contributed by atoms with Gasteiger partial charge in [0, 0.05) is 11.6 Å². The van der Waals surface area contributed by atoms with E-state index in [4.69, 9.17) is 10.2 Å². The highest BCUT2D eigenvalue weighted by molar-refractivity contribution is 9.10. The van der Waals surface area contributed by atoms with Gasteiger partial charge in [-0.15, -0.1) is 0 Å². The lowest BCUT2D eigenvalue weighted by molar-refractivity contribution is 0.157. The van der Waals surface area contributed by atoms with Crippen LogP contribution in [-0.2, 0) is 0 Å². The minimum atomic E-state index is -0.432. The first kappa shape index (κ1) is 11.6. The minimum Gasteiger partial charge on any atom is -0.394 e. The van der Waals surface area contributed by atoms with Crippen molar-refractivity contribution in [2.45, 2.75) is 6.04 Å². The number of aliphatic hydroxyl groups excluding tert-OH is 2. The molecule has 0 saturated carbocycles. The fourth-order valence-electron chi connectivity index (χ4n) is 1.73. The molecule has 1 heterocycles. The molecule has 2 aromatic rings. The Balaban J connectivity index is 2.61. The molecule has 0 spiro atoms. The van der Waals surface area contributed by atoms with Crippen LogP contribution in [0, 0.1) is 5.82 Å². The van der Waals surface area contributed by atoms with Gasteiger partial charge < -0.3 is 14.8 Å². The summed E-state index contributed by atoms with van der Waals surface area (Å²) in [6.45, 7) is -0.365. The van der Waals surface area contributed by atoms with Crippen LogP contribution in [0.4, 0.5) is 4.39 Å². The second kappa shape index (κ2) is 4.53. The Bertz CT molecular complexity index is 508. The highest BCUT2D eigenvalue weighted by atomic mass is 79.9. The number of fused-ring (bicyclic) bond motifs is 1. The van der Waals surface area contributed by atoms with Crippen molar-refractivity contribution in [2.24, 2.45) is 0 Å². The highest BCUT2D eigenvalue weighted by Gasteiger charge is 2.14. The first-order chi connectivity index (χ1) is 7.69. The zero-order chi connectivity index (χ0) is 11.7. The van der Waals surface area contributed by atoms with Crippen LogP contribution in [0.25, 0.3) is 10.9 Å². The van der Waals surface area contributed by atoms with Gasteiger partial charge in [0.05, 0.1) is 29.2 Å². The van der Waals surface area contributed by atoms with Gasteiger partial charge in [-0.25, -0.2) is 4.39 Å². The summed E-state index contributed by atoms with van der Waals surface area (Å²) < 4.78 is 15.8. The van der Waals surface area contributed by atoms with Crippen molar-refractivity contribution in [3.63, 3.8) is 0 Å². The lowest BCUT2D eigenvalue weighted by atomic mass is 10.2. The highest BCUT2D eigenvalue weighted by Crippen LogP contribution is 2.27. The Morgan fingerprint density at radius 1 is 1.25 bits per heavy atom. The zero-order valence-corrected chi connectivity index (χ0v) is 9.98. The van der Waals surface area contributed by atoms with Crippen LogP contribution in [0.3, 0.4) is 0 Å². The normalized spacial score (nSPS) is 11.6.